The SMILES string of the molecule is OC[C@@H](O)CO[C@@H]1O[C@@H](CO)[C@H](O)[C@H](O)[C@@H]1O. The van der Waals surface area contributed by atoms with Gasteiger partial charge in [0.1, 0.15) is 30.5 Å². The van der Waals surface area contributed by atoms with Crippen molar-refractivity contribution in [3.8, 4) is 0 Å². The van der Waals surface area contributed by atoms with E-state index in [1.807, 2.05) is 0 Å². The summed E-state index contributed by atoms with van der Waals surface area (Å²) in [7, 11) is 0. The van der Waals surface area contributed by atoms with Crippen molar-refractivity contribution in [2.45, 2.75) is 36.8 Å². The third-order valence-electron chi connectivity index (χ3n) is 2.51. The van der Waals surface area contributed by atoms with E-state index in [-0.39, 0.29) is 6.61 Å². The zero-order valence-corrected chi connectivity index (χ0v) is 9.09. The van der Waals surface area contributed by atoms with Crippen LogP contribution in [-0.4, -0.2) is 87.3 Å². The van der Waals surface area contributed by atoms with E-state index in [0.717, 1.165) is 0 Å². The normalized spacial score (nSPS) is 40.2. The lowest BCUT2D eigenvalue weighted by molar-refractivity contribution is -0.304. The molecule has 1 saturated heterocycles. The van der Waals surface area contributed by atoms with Gasteiger partial charge >= 0.3 is 0 Å². The van der Waals surface area contributed by atoms with Gasteiger partial charge in [-0.25, -0.2) is 0 Å². The standard InChI is InChI=1S/C9H18O8/c10-1-4(12)3-16-9-8(15)7(14)6(13)5(2-11)17-9/h4-15H,1-3H2/t4-,5+,6+,7+,8+,9-/m1/s1. The van der Waals surface area contributed by atoms with Gasteiger partial charge in [-0.2, -0.15) is 0 Å². The largest absolute Gasteiger partial charge is 0.394 e. The highest BCUT2D eigenvalue weighted by atomic mass is 16.7. The number of rotatable bonds is 5. The van der Waals surface area contributed by atoms with Crippen molar-refractivity contribution in [2.75, 3.05) is 19.8 Å². The molecule has 6 N–H and O–H groups in total. The first kappa shape index (κ1) is 14.7. The molecule has 0 unspecified atom stereocenters. The van der Waals surface area contributed by atoms with Crippen LogP contribution in [0.25, 0.3) is 0 Å². The second-order valence-corrected chi connectivity index (χ2v) is 3.87. The van der Waals surface area contributed by atoms with Gasteiger partial charge in [-0.3, -0.25) is 0 Å². The van der Waals surface area contributed by atoms with E-state index in [2.05, 4.69) is 0 Å². The highest BCUT2D eigenvalue weighted by molar-refractivity contribution is 4.88. The molecule has 0 aromatic rings. The van der Waals surface area contributed by atoms with E-state index < -0.39 is 50.0 Å². The zero-order valence-electron chi connectivity index (χ0n) is 9.09. The fraction of sp³-hybridized carbons (Fsp3) is 1.00. The van der Waals surface area contributed by atoms with Crippen molar-refractivity contribution in [3.05, 3.63) is 0 Å². The number of hydrogen-bond acceptors (Lipinski definition) is 8. The van der Waals surface area contributed by atoms with Crippen molar-refractivity contribution >= 4 is 0 Å². The molecule has 0 radical (unpaired) electrons. The second kappa shape index (κ2) is 6.57. The molecule has 6 atom stereocenters. The minimum Gasteiger partial charge on any atom is -0.394 e. The molecular weight excluding hydrogens is 236 g/mol. The summed E-state index contributed by atoms with van der Waals surface area (Å²) >= 11 is 0. The number of aliphatic hydroxyl groups is 6. The lowest BCUT2D eigenvalue weighted by Gasteiger charge is -2.39. The number of hydrogen-bond donors (Lipinski definition) is 6. The van der Waals surface area contributed by atoms with Gasteiger partial charge < -0.3 is 40.1 Å². The Bertz CT molecular complexity index is 223. The summed E-state index contributed by atoms with van der Waals surface area (Å²) in [5, 5.41) is 54.9. The first-order valence-electron chi connectivity index (χ1n) is 5.22. The molecule has 1 heterocycles. The van der Waals surface area contributed by atoms with E-state index in [0.29, 0.717) is 0 Å². The Balaban J connectivity index is 2.53. The van der Waals surface area contributed by atoms with Crippen LogP contribution in [0.4, 0.5) is 0 Å². The quantitative estimate of drug-likeness (QED) is 0.293. The second-order valence-electron chi connectivity index (χ2n) is 3.87. The van der Waals surface area contributed by atoms with Gasteiger partial charge in [-0.1, -0.05) is 0 Å². The lowest BCUT2D eigenvalue weighted by Crippen LogP contribution is -2.59. The highest BCUT2D eigenvalue weighted by Crippen LogP contribution is 2.21. The topological polar surface area (TPSA) is 140 Å². The molecule has 0 saturated carbocycles. The molecule has 1 rings (SSSR count). The van der Waals surface area contributed by atoms with E-state index in [1.165, 1.54) is 0 Å². The monoisotopic (exact) mass is 254 g/mol. The summed E-state index contributed by atoms with van der Waals surface area (Å²) in [5.74, 6) is 0. The van der Waals surface area contributed by atoms with E-state index in [9.17, 15) is 15.3 Å². The minimum absolute atomic E-state index is 0.306. The van der Waals surface area contributed by atoms with Crippen molar-refractivity contribution in [1.29, 1.82) is 0 Å². The van der Waals surface area contributed by atoms with Crippen molar-refractivity contribution in [3.63, 3.8) is 0 Å². The van der Waals surface area contributed by atoms with Gasteiger partial charge in [0, 0.05) is 0 Å². The molecule has 17 heavy (non-hydrogen) atoms. The van der Waals surface area contributed by atoms with Gasteiger partial charge in [0.15, 0.2) is 6.29 Å². The minimum atomic E-state index is -1.52. The van der Waals surface area contributed by atoms with Crippen LogP contribution in [0.15, 0.2) is 0 Å². The lowest BCUT2D eigenvalue weighted by atomic mass is 9.99. The number of aliphatic hydroxyl groups excluding tert-OH is 6. The van der Waals surface area contributed by atoms with Crippen molar-refractivity contribution in [1.82, 2.24) is 0 Å². The fourth-order valence-electron chi connectivity index (χ4n) is 1.46. The Morgan fingerprint density at radius 2 is 1.71 bits per heavy atom. The van der Waals surface area contributed by atoms with Crippen LogP contribution in [-0.2, 0) is 9.47 Å². The Morgan fingerprint density at radius 3 is 2.24 bits per heavy atom. The average Bonchev–Trinajstić information content (AvgIpc) is 2.34. The van der Waals surface area contributed by atoms with Crippen LogP contribution >= 0.6 is 0 Å². The number of ether oxygens (including phenoxy) is 2. The van der Waals surface area contributed by atoms with E-state index >= 15 is 0 Å². The van der Waals surface area contributed by atoms with Crippen LogP contribution in [0.5, 0.6) is 0 Å². The Hall–Kier alpha value is -0.320. The zero-order chi connectivity index (χ0) is 13.0. The maximum atomic E-state index is 9.52. The average molecular weight is 254 g/mol. The van der Waals surface area contributed by atoms with Gasteiger partial charge in [-0.05, 0) is 0 Å². The van der Waals surface area contributed by atoms with Crippen LogP contribution in [0.1, 0.15) is 0 Å². The summed E-state index contributed by atoms with van der Waals surface area (Å²) < 4.78 is 9.93. The Kier molecular flexibility index (Phi) is 5.70. The summed E-state index contributed by atoms with van der Waals surface area (Å²) in [5.41, 5.74) is 0. The molecular formula is C9H18O8. The van der Waals surface area contributed by atoms with Crippen LogP contribution in [0.3, 0.4) is 0 Å². The van der Waals surface area contributed by atoms with Crippen LogP contribution in [0.2, 0.25) is 0 Å². The summed E-state index contributed by atoms with van der Waals surface area (Å²) in [4.78, 5) is 0. The highest BCUT2D eigenvalue weighted by Gasteiger charge is 2.44. The predicted molar refractivity (Wildman–Crippen MR) is 52.8 cm³/mol. The molecule has 0 aliphatic carbocycles. The summed E-state index contributed by atoms with van der Waals surface area (Å²) in [6.45, 7) is -1.37. The van der Waals surface area contributed by atoms with Crippen molar-refractivity contribution in [2.24, 2.45) is 0 Å². The third-order valence-corrected chi connectivity index (χ3v) is 2.51. The van der Waals surface area contributed by atoms with Gasteiger partial charge in [0.2, 0.25) is 0 Å². The summed E-state index contributed by atoms with van der Waals surface area (Å²) in [6.07, 6.45) is -7.94. The van der Waals surface area contributed by atoms with Gasteiger partial charge in [-0.15, -0.1) is 0 Å². The smallest absolute Gasteiger partial charge is 0.186 e. The van der Waals surface area contributed by atoms with Gasteiger partial charge in [0.25, 0.3) is 0 Å². The third kappa shape index (κ3) is 3.57. The Morgan fingerprint density at radius 1 is 1.06 bits per heavy atom. The predicted octanol–water partition coefficient (Wildman–Crippen LogP) is -3.84. The molecule has 0 spiro atoms. The maximum absolute atomic E-state index is 9.52. The Labute approximate surface area is 97.6 Å². The van der Waals surface area contributed by atoms with Gasteiger partial charge in [0.05, 0.1) is 19.8 Å². The molecule has 0 aromatic heterocycles. The molecule has 1 aliphatic rings. The summed E-state index contributed by atoms with van der Waals surface area (Å²) in [6, 6.07) is 0. The molecule has 0 aromatic carbocycles. The molecule has 0 bridgehead atoms. The molecule has 1 aliphatic heterocycles. The first-order valence-corrected chi connectivity index (χ1v) is 5.22. The van der Waals surface area contributed by atoms with Crippen LogP contribution in [0, 0.1) is 0 Å². The molecule has 1 fully saturated rings. The van der Waals surface area contributed by atoms with Crippen molar-refractivity contribution < 1.29 is 40.1 Å². The molecule has 8 heteroatoms. The van der Waals surface area contributed by atoms with E-state index in [1.54, 1.807) is 0 Å². The first-order chi connectivity index (χ1) is 8.01. The van der Waals surface area contributed by atoms with Crippen LogP contribution < -0.4 is 0 Å². The fourth-order valence-corrected chi connectivity index (χ4v) is 1.46. The molecule has 8 nitrogen and oxygen atoms in total. The molecule has 102 valence electrons. The maximum Gasteiger partial charge on any atom is 0.186 e. The van der Waals surface area contributed by atoms with E-state index in [4.69, 9.17) is 24.8 Å². The molecule has 0 amide bonds.